The number of benzene rings is 1. The van der Waals surface area contributed by atoms with Gasteiger partial charge in [0.1, 0.15) is 11.5 Å². The molecule has 0 spiro atoms. The van der Waals surface area contributed by atoms with E-state index in [2.05, 4.69) is 25.7 Å². The average Bonchev–Trinajstić information content (AvgIpc) is 3.11. The van der Waals surface area contributed by atoms with Gasteiger partial charge in [-0.3, -0.25) is 4.79 Å². The molecule has 0 bridgehead atoms. The van der Waals surface area contributed by atoms with Gasteiger partial charge in [0.15, 0.2) is 0 Å². The predicted molar refractivity (Wildman–Crippen MR) is 104 cm³/mol. The fraction of sp³-hybridized carbons (Fsp3) is 0.412. The molecule has 1 aromatic heterocycles. The van der Waals surface area contributed by atoms with Crippen molar-refractivity contribution in [1.29, 1.82) is 0 Å². The molecule has 2 aromatic rings. The van der Waals surface area contributed by atoms with Crippen molar-refractivity contribution in [3.63, 3.8) is 0 Å². The topological polar surface area (TPSA) is 111 Å². The second kappa shape index (κ2) is 9.81. The second-order valence-electron chi connectivity index (χ2n) is 5.67. The monoisotopic (exact) mass is 393 g/mol. The molecule has 1 aromatic carbocycles. The number of methoxy groups -OCH3 is 2. The lowest BCUT2D eigenvalue weighted by molar-refractivity contribution is -0.144. The van der Waals surface area contributed by atoms with Gasteiger partial charge in [0, 0.05) is 11.6 Å². The molecule has 0 aliphatic rings. The Morgan fingerprint density at radius 2 is 2.11 bits per heavy atom. The molecule has 1 heterocycles. The van der Waals surface area contributed by atoms with Gasteiger partial charge in [-0.2, -0.15) is 10.1 Å². The molecule has 0 atom stereocenters. The molecule has 9 nitrogen and oxygen atoms in total. The molecular weight excluding hydrogens is 370 g/mol. The minimum atomic E-state index is -0.310. The van der Waals surface area contributed by atoms with Crippen molar-refractivity contribution in [2.75, 3.05) is 25.4 Å². The molecule has 0 saturated carbocycles. The number of hydrogen-bond donors (Lipinski definition) is 2. The first-order chi connectivity index (χ1) is 12.9. The molecule has 0 aliphatic heterocycles. The molecule has 0 saturated heterocycles. The van der Waals surface area contributed by atoms with Gasteiger partial charge in [-0.15, -0.1) is 5.10 Å². The Hall–Kier alpha value is -2.75. The number of nitrogens with one attached hydrogen (secondary N) is 2. The number of thioether (sulfide) groups is 1. The Bertz CT molecular complexity index is 806. The Morgan fingerprint density at radius 3 is 2.78 bits per heavy atom. The van der Waals surface area contributed by atoms with Crippen LogP contribution in [0.3, 0.4) is 0 Å². The van der Waals surface area contributed by atoms with Crippen LogP contribution in [0.1, 0.15) is 26.3 Å². The molecule has 0 radical (unpaired) electrons. The molecule has 0 amide bonds. The summed E-state index contributed by atoms with van der Waals surface area (Å²) < 4.78 is 15.6. The van der Waals surface area contributed by atoms with Gasteiger partial charge < -0.3 is 14.2 Å². The van der Waals surface area contributed by atoms with Gasteiger partial charge in [-0.05, 0) is 32.9 Å². The summed E-state index contributed by atoms with van der Waals surface area (Å²) in [6, 6.07) is 5.48. The Labute approximate surface area is 161 Å². The number of H-pyrrole nitrogens is 1. The zero-order chi connectivity index (χ0) is 19.8. The highest BCUT2D eigenvalue weighted by Gasteiger charge is 2.11. The van der Waals surface area contributed by atoms with Crippen LogP contribution in [0.2, 0.25) is 0 Å². The van der Waals surface area contributed by atoms with Gasteiger partial charge >= 0.3 is 5.97 Å². The summed E-state index contributed by atoms with van der Waals surface area (Å²) in [6.45, 7) is 5.44. The summed E-state index contributed by atoms with van der Waals surface area (Å²) >= 11 is 1.18. The van der Waals surface area contributed by atoms with Crippen LogP contribution in [0, 0.1) is 0 Å². The Morgan fingerprint density at radius 1 is 1.33 bits per heavy atom. The van der Waals surface area contributed by atoms with E-state index in [4.69, 9.17) is 14.2 Å². The maximum absolute atomic E-state index is 11.5. The van der Waals surface area contributed by atoms with Crippen molar-refractivity contribution in [1.82, 2.24) is 15.2 Å². The molecule has 0 aliphatic carbocycles. The van der Waals surface area contributed by atoms with Crippen LogP contribution in [0.5, 0.6) is 11.5 Å². The van der Waals surface area contributed by atoms with E-state index < -0.39 is 0 Å². The van der Waals surface area contributed by atoms with Crippen molar-refractivity contribution in [2.45, 2.75) is 32.0 Å². The summed E-state index contributed by atoms with van der Waals surface area (Å²) in [5, 5.41) is 11.5. The van der Waals surface area contributed by atoms with E-state index in [1.165, 1.54) is 11.8 Å². The van der Waals surface area contributed by atoms with Crippen molar-refractivity contribution >= 4 is 29.4 Å². The zero-order valence-corrected chi connectivity index (χ0v) is 16.7. The number of hydrazone groups is 1. The highest BCUT2D eigenvalue weighted by Crippen LogP contribution is 2.25. The van der Waals surface area contributed by atoms with Crippen LogP contribution in [-0.4, -0.2) is 52.9 Å². The SMILES string of the molecule is COc1ccc(/C(C)=N\Nc2nc(SCC(=O)OC(C)C)n[nH]2)c(OC)c1. The lowest BCUT2D eigenvalue weighted by atomic mass is 10.1. The summed E-state index contributed by atoms with van der Waals surface area (Å²) in [7, 11) is 3.18. The normalized spacial score (nSPS) is 11.4. The number of nitrogens with zero attached hydrogens (tertiary/aromatic N) is 3. The number of rotatable bonds is 9. The molecule has 0 unspecified atom stereocenters. The molecule has 10 heteroatoms. The lowest BCUT2D eigenvalue weighted by Crippen LogP contribution is -2.13. The highest BCUT2D eigenvalue weighted by atomic mass is 32.2. The number of carbonyl (C=O) groups excluding carboxylic acids is 1. The van der Waals surface area contributed by atoms with E-state index in [0.29, 0.717) is 28.3 Å². The van der Waals surface area contributed by atoms with E-state index >= 15 is 0 Å². The molecule has 2 rings (SSSR count). The predicted octanol–water partition coefficient (Wildman–Crippen LogP) is 2.70. The van der Waals surface area contributed by atoms with Crippen molar-refractivity contribution < 1.29 is 19.0 Å². The third-order valence-corrected chi connectivity index (χ3v) is 4.10. The maximum atomic E-state index is 11.5. The first-order valence-corrected chi connectivity index (χ1v) is 9.19. The van der Waals surface area contributed by atoms with Crippen molar-refractivity contribution in [3.05, 3.63) is 23.8 Å². The van der Waals surface area contributed by atoms with Crippen LogP contribution in [0.15, 0.2) is 28.5 Å². The average molecular weight is 393 g/mol. The number of hydrogen-bond acceptors (Lipinski definition) is 9. The van der Waals surface area contributed by atoms with E-state index in [-0.39, 0.29) is 17.8 Å². The number of esters is 1. The summed E-state index contributed by atoms with van der Waals surface area (Å²) in [6.07, 6.45) is -0.144. The number of aromatic nitrogens is 3. The van der Waals surface area contributed by atoms with Gasteiger partial charge in [-0.1, -0.05) is 11.8 Å². The maximum Gasteiger partial charge on any atom is 0.316 e. The van der Waals surface area contributed by atoms with Crippen molar-refractivity contribution in [2.24, 2.45) is 5.10 Å². The molecular formula is C17H23N5O4S. The van der Waals surface area contributed by atoms with Crippen LogP contribution in [-0.2, 0) is 9.53 Å². The molecule has 0 fully saturated rings. The zero-order valence-electron chi connectivity index (χ0n) is 15.9. The van der Waals surface area contributed by atoms with E-state index in [0.717, 1.165) is 5.56 Å². The third-order valence-electron chi connectivity index (χ3n) is 3.28. The van der Waals surface area contributed by atoms with Gasteiger partial charge in [-0.25, -0.2) is 10.5 Å². The fourth-order valence-corrected chi connectivity index (χ4v) is 2.66. The molecule has 27 heavy (non-hydrogen) atoms. The van der Waals surface area contributed by atoms with Gasteiger partial charge in [0.25, 0.3) is 0 Å². The van der Waals surface area contributed by atoms with Gasteiger partial charge in [0.2, 0.25) is 11.1 Å². The minimum absolute atomic E-state index is 0.140. The van der Waals surface area contributed by atoms with Crippen molar-refractivity contribution in [3.8, 4) is 11.5 Å². The van der Waals surface area contributed by atoms with E-state index in [9.17, 15) is 4.79 Å². The standard InChI is InChI=1S/C17H23N5O4S/c1-10(2)26-15(23)9-27-17-18-16(21-22-17)20-19-11(3)13-7-6-12(24-4)8-14(13)25-5/h6-8,10H,9H2,1-5H3,(H2,18,20,21,22)/b19-11-. The summed E-state index contributed by atoms with van der Waals surface area (Å²) in [5.41, 5.74) is 4.32. The van der Waals surface area contributed by atoms with Crippen LogP contribution < -0.4 is 14.9 Å². The minimum Gasteiger partial charge on any atom is -0.497 e. The third kappa shape index (κ3) is 6.17. The quantitative estimate of drug-likeness (QED) is 0.290. The summed E-state index contributed by atoms with van der Waals surface area (Å²) in [4.78, 5) is 15.8. The molecule has 2 N–H and O–H groups in total. The Kier molecular flexibility index (Phi) is 7.47. The van der Waals surface area contributed by atoms with Gasteiger partial charge in [0.05, 0.1) is 31.8 Å². The lowest BCUT2D eigenvalue weighted by Gasteiger charge is -2.10. The van der Waals surface area contributed by atoms with E-state index in [1.54, 1.807) is 34.1 Å². The first-order valence-electron chi connectivity index (χ1n) is 8.20. The first kappa shape index (κ1) is 20.6. The smallest absolute Gasteiger partial charge is 0.316 e. The largest absolute Gasteiger partial charge is 0.497 e. The van der Waals surface area contributed by atoms with E-state index in [1.807, 2.05) is 19.1 Å². The second-order valence-corrected chi connectivity index (χ2v) is 6.61. The number of ether oxygens (including phenoxy) is 3. The number of carbonyl (C=O) groups is 1. The van der Waals surface area contributed by atoms with Crippen LogP contribution in [0.25, 0.3) is 0 Å². The van der Waals surface area contributed by atoms with Crippen LogP contribution >= 0.6 is 11.8 Å². The molecule has 146 valence electrons. The summed E-state index contributed by atoms with van der Waals surface area (Å²) in [5.74, 6) is 1.54. The number of anilines is 1. The fourth-order valence-electron chi connectivity index (χ4n) is 2.08. The number of aromatic amines is 1. The van der Waals surface area contributed by atoms with Crippen LogP contribution in [0.4, 0.5) is 5.95 Å². The highest BCUT2D eigenvalue weighted by molar-refractivity contribution is 7.99. The Balaban J connectivity index is 1.98.